The summed E-state index contributed by atoms with van der Waals surface area (Å²) in [6, 6.07) is 7.65. The van der Waals surface area contributed by atoms with E-state index in [1.807, 2.05) is 23.1 Å². The molecule has 1 amide bonds. The lowest BCUT2D eigenvalue weighted by Gasteiger charge is -2.34. The van der Waals surface area contributed by atoms with Crippen molar-refractivity contribution in [1.29, 1.82) is 0 Å². The molecule has 0 unspecified atom stereocenters. The van der Waals surface area contributed by atoms with Crippen LogP contribution in [0.1, 0.15) is 43.6 Å². The molecule has 1 aromatic heterocycles. The Labute approximate surface area is 166 Å². The molecule has 0 N–H and O–H groups in total. The van der Waals surface area contributed by atoms with E-state index in [1.165, 1.54) is 17.5 Å². The van der Waals surface area contributed by atoms with Crippen LogP contribution in [0.2, 0.25) is 0 Å². The summed E-state index contributed by atoms with van der Waals surface area (Å²) in [7, 11) is 1.61. The Morgan fingerprint density at radius 3 is 2.57 bits per heavy atom. The van der Waals surface area contributed by atoms with Crippen molar-refractivity contribution in [3.63, 3.8) is 0 Å². The zero-order valence-electron chi connectivity index (χ0n) is 17.1. The van der Waals surface area contributed by atoms with Gasteiger partial charge in [0.05, 0.1) is 5.39 Å². The monoisotopic (exact) mass is 382 g/mol. The van der Waals surface area contributed by atoms with E-state index in [1.54, 1.807) is 13.1 Å². The van der Waals surface area contributed by atoms with E-state index in [4.69, 9.17) is 0 Å². The number of aromatic nitrogens is 2. The van der Waals surface area contributed by atoms with Gasteiger partial charge in [-0.05, 0) is 37.2 Å². The molecule has 4 rings (SSSR count). The average Bonchev–Trinajstić information content (AvgIpc) is 3.51. The number of aryl methyl sites for hydroxylation is 1. The lowest BCUT2D eigenvalue weighted by molar-refractivity contribution is 0.0698. The minimum absolute atomic E-state index is 0.0641. The molecule has 1 aliphatic heterocycles. The van der Waals surface area contributed by atoms with Crippen molar-refractivity contribution in [2.75, 3.05) is 26.2 Å². The first-order valence-electron chi connectivity index (χ1n) is 10.4. The molecule has 1 saturated heterocycles. The second kappa shape index (κ2) is 7.66. The number of carbonyl (C=O) groups is 1. The van der Waals surface area contributed by atoms with Crippen molar-refractivity contribution >= 4 is 16.7 Å². The molecule has 6 nitrogen and oxygen atoms in total. The molecular formula is C22H30N4O2. The number of hydrogen-bond donors (Lipinski definition) is 0. The standard InChI is InChI=1S/C22H30N4O2/c1-15(2)19-14-26(12-6-11-25(19)13-16-9-10-16)22(28)20-17-7-4-5-8-18(17)21(27)24(3)23-20/h4-5,7-8,15-16,19H,6,9-14H2,1-3H3/t19-/m1/s1. The Hall–Kier alpha value is -2.21. The van der Waals surface area contributed by atoms with Gasteiger partial charge in [0.1, 0.15) is 0 Å². The van der Waals surface area contributed by atoms with Gasteiger partial charge >= 0.3 is 0 Å². The van der Waals surface area contributed by atoms with E-state index < -0.39 is 0 Å². The normalized spacial score (nSPS) is 21.3. The predicted molar refractivity (Wildman–Crippen MR) is 110 cm³/mol. The van der Waals surface area contributed by atoms with Crippen molar-refractivity contribution in [3.8, 4) is 0 Å². The van der Waals surface area contributed by atoms with E-state index >= 15 is 0 Å². The molecule has 0 spiro atoms. The smallest absolute Gasteiger partial charge is 0.275 e. The van der Waals surface area contributed by atoms with Crippen LogP contribution in [-0.4, -0.2) is 57.7 Å². The maximum absolute atomic E-state index is 13.5. The summed E-state index contributed by atoms with van der Waals surface area (Å²) < 4.78 is 1.28. The topological polar surface area (TPSA) is 58.4 Å². The SMILES string of the molecule is CC(C)[C@H]1CN(C(=O)c2nn(C)c(=O)c3ccccc23)CCCN1CC1CC1. The Morgan fingerprint density at radius 1 is 1.18 bits per heavy atom. The molecule has 150 valence electrons. The van der Waals surface area contributed by atoms with Crippen LogP contribution in [0.5, 0.6) is 0 Å². The summed E-state index contributed by atoms with van der Waals surface area (Å²) >= 11 is 0. The molecule has 2 aromatic rings. The van der Waals surface area contributed by atoms with E-state index in [0.717, 1.165) is 38.5 Å². The molecular weight excluding hydrogens is 352 g/mol. The van der Waals surface area contributed by atoms with Gasteiger partial charge < -0.3 is 4.90 Å². The second-order valence-corrected chi connectivity index (χ2v) is 8.68. The first kappa shape index (κ1) is 19.1. The van der Waals surface area contributed by atoms with Crippen LogP contribution >= 0.6 is 0 Å². The first-order valence-corrected chi connectivity index (χ1v) is 10.4. The summed E-state index contributed by atoms with van der Waals surface area (Å²) in [5.41, 5.74) is 0.217. The van der Waals surface area contributed by atoms with Gasteiger partial charge in [-0.2, -0.15) is 5.10 Å². The van der Waals surface area contributed by atoms with Gasteiger partial charge in [-0.15, -0.1) is 0 Å². The van der Waals surface area contributed by atoms with E-state index in [9.17, 15) is 9.59 Å². The number of hydrogen-bond acceptors (Lipinski definition) is 4. The van der Waals surface area contributed by atoms with Crippen molar-refractivity contribution in [2.24, 2.45) is 18.9 Å². The van der Waals surface area contributed by atoms with Crippen molar-refractivity contribution < 1.29 is 4.79 Å². The predicted octanol–water partition coefficient (Wildman–Crippen LogP) is 2.52. The highest BCUT2D eigenvalue weighted by atomic mass is 16.2. The molecule has 2 heterocycles. The Kier molecular flexibility index (Phi) is 5.23. The number of amides is 1. The Morgan fingerprint density at radius 2 is 1.89 bits per heavy atom. The zero-order chi connectivity index (χ0) is 19.8. The highest BCUT2D eigenvalue weighted by Gasteiger charge is 2.34. The van der Waals surface area contributed by atoms with Gasteiger partial charge in [-0.3, -0.25) is 14.5 Å². The largest absolute Gasteiger partial charge is 0.336 e. The quantitative estimate of drug-likeness (QED) is 0.815. The second-order valence-electron chi connectivity index (χ2n) is 8.68. The van der Waals surface area contributed by atoms with Gasteiger partial charge in [0.15, 0.2) is 5.69 Å². The van der Waals surface area contributed by atoms with E-state index in [2.05, 4.69) is 23.8 Å². The van der Waals surface area contributed by atoms with Crippen LogP contribution in [0.3, 0.4) is 0 Å². The third kappa shape index (κ3) is 3.70. The number of carbonyl (C=O) groups excluding carboxylic acids is 1. The lowest BCUT2D eigenvalue weighted by Crippen LogP contribution is -2.46. The average molecular weight is 383 g/mol. The van der Waals surface area contributed by atoms with Gasteiger partial charge in [0.25, 0.3) is 11.5 Å². The maximum atomic E-state index is 13.5. The van der Waals surface area contributed by atoms with Gasteiger partial charge in [-0.25, -0.2) is 4.68 Å². The van der Waals surface area contributed by atoms with Crippen molar-refractivity contribution in [3.05, 3.63) is 40.3 Å². The van der Waals surface area contributed by atoms with Gasteiger partial charge in [0.2, 0.25) is 0 Å². The molecule has 1 atom stereocenters. The number of rotatable bonds is 4. The zero-order valence-corrected chi connectivity index (χ0v) is 17.1. The first-order chi connectivity index (χ1) is 13.5. The fourth-order valence-electron chi connectivity index (χ4n) is 4.35. The molecule has 28 heavy (non-hydrogen) atoms. The fraction of sp³-hybridized carbons (Fsp3) is 0.591. The summed E-state index contributed by atoms with van der Waals surface area (Å²) in [5, 5.41) is 5.55. The van der Waals surface area contributed by atoms with Crippen LogP contribution in [0, 0.1) is 11.8 Å². The molecule has 2 fully saturated rings. The number of fused-ring (bicyclic) bond motifs is 1. The summed E-state index contributed by atoms with van der Waals surface area (Å²) in [6.45, 7) is 8.16. The van der Waals surface area contributed by atoms with Gasteiger partial charge in [-0.1, -0.05) is 32.0 Å². The number of benzene rings is 1. The third-order valence-corrected chi connectivity index (χ3v) is 6.16. The minimum Gasteiger partial charge on any atom is -0.336 e. The molecule has 1 aromatic carbocycles. The van der Waals surface area contributed by atoms with E-state index in [0.29, 0.717) is 28.4 Å². The van der Waals surface area contributed by atoms with E-state index in [-0.39, 0.29) is 11.5 Å². The fourth-order valence-corrected chi connectivity index (χ4v) is 4.35. The summed E-state index contributed by atoms with van der Waals surface area (Å²) in [5.74, 6) is 1.26. The summed E-state index contributed by atoms with van der Waals surface area (Å²) in [4.78, 5) is 30.4. The highest BCUT2D eigenvalue weighted by Crippen LogP contribution is 2.32. The molecule has 2 aliphatic rings. The van der Waals surface area contributed by atoms with Gasteiger partial charge in [0, 0.05) is 44.7 Å². The summed E-state index contributed by atoms with van der Waals surface area (Å²) in [6.07, 6.45) is 3.67. The van der Waals surface area contributed by atoms with Crippen LogP contribution in [0.4, 0.5) is 0 Å². The van der Waals surface area contributed by atoms with Crippen molar-refractivity contribution in [1.82, 2.24) is 19.6 Å². The highest BCUT2D eigenvalue weighted by molar-refractivity contribution is 6.04. The molecule has 1 saturated carbocycles. The van der Waals surface area contributed by atoms with Crippen LogP contribution < -0.4 is 5.56 Å². The third-order valence-electron chi connectivity index (χ3n) is 6.16. The minimum atomic E-state index is -0.168. The van der Waals surface area contributed by atoms with Crippen molar-refractivity contribution in [2.45, 2.75) is 39.2 Å². The van der Waals surface area contributed by atoms with Crippen LogP contribution in [0.25, 0.3) is 10.8 Å². The Bertz CT molecular complexity index is 932. The van der Waals surface area contributed by atoms with Crippen LogP contribution in [-0.2, 0) is 7.05 Å². The maximum Gasteiger partial charge on any atom is 0.275 e. The number of nitrogens with zero attached hydrogens (tertiary/aromatic N) is 4. The molecule has 1 aliphatic carbocycles. The molecule has 0 radical (unpaired) electrons. The Balaban J connectivity index is 1.65. The molecule has 6 heteroatoms. The molecule has 0 bridgehead atoms. The lowest BCUT2D eigenvalue weighted by atomic mass is 10.0. The van der Waals surface area contributed by atoms with Crippen LogP contribution in [0.15, 0.2) is 29.1 Å².